The molecule has 0 amide bonds. The Balaban J connectivity index is 1.82. The van der Waals surface area contributed by atoms with Crippen LogP contribution in [0.2, 0.25) is 0 Å². The zero-order chi connectivity index (χ0) is 19.2. The van der Waals surface area contributed by atoms with Gasteiger partial charge in [0, 0.05) is 10.1 Å². The molecular formula is C20H19N2O2S3-. The van der Waals surface area contributed by atoms with Crippen molar-refractivity contribution in [3.05, 3.63) is 81.6 Å². The summed E-state index contributed by atoms with van der Waals surface area (Å²) in [5.74, 6) is -0.462. The SMILES string of the molecule is CSc1ccccc1CN=C([O-])c1c(SC(C)c2ccccc2)s[nH]c1=O. The van der Waals surface area contributed by atoms with E-state index >= 15 is 0 Å². The van der Waals surface area contributed by atoms with Crippen LogP contribution in [-0.4, -0.2) is 16.5 Å². The predicted molar refractivity (Wildman–Crippen MR) is 114 cm³/mol. The highest BCUT2D eigenvalue weighted by molar-refractivity contribution is 8.01. The summed E-state index contributed by atoms with van der Waals surface area (Å²) >= 11 is 4.32. The molecule has 140 valence electrons. The Morgan fingerprint density at radius 2 is 1.89 bits per heavy atom. The summed E-state index contributed by atoms with van der Waals surface area (Å²) in [6, 6.07) is 17.9. The molecule has 3 rings (SSSR count). The van der Waals surface area contributed by atoms with E-state index < -0.39 is 5.90 Å². The fourth-order valence-electron chi connectivity index (χ4n) is 2.58. The lowest BCUT2D eigenvalue weighted by Gasteiger charge is -2.14. The normalized spacial score (nSPS) is 12.9. The van der Waals surface area contributed by atoms with E-state index in [0.29, 0.717) is 4.21 Å². The van der Waals surface area contributed by atoms with Crippen molar-refractivity contribution in [2.45, 2.75) is 27.8 Å². The van der Waals surface area contributed by atoms with E-state index in [0.717, 1.165) is 16.0 Å². The third-order valence-electron chi connectivity index (χ3n) is 4.02. The molecule has 0 aliphatic rings. The largest absolute Gasteiger partial charge is 0.858 e. The van der Waals surface area contributed by atoms with Crippen LogP contribution in [0.15, 0.2) is 73.5 Å². The van der Waals surface area contributed by atoms with Gasteiger partial charge in [0.2, 0.25) is 0 Å². The van der Waals surface area contributed by atoms with Crippen molar-refractivity contribution in [3.8, 4) is 0 Å². The third kappa shape index (κ3) is 4.86. The molecule has 0 spiro atoms. The van der Waals surface area contributed by atoms with E-state index in [1.807, 2.05) is 60.9 Å². The molecule has 0 fully saturated rings. The van der Waals surface area contributed by atoms with Gasteiger partial charge in [-0.05, 0) is 36.3 Å². The number of benzene rings is 2. The second-order valence-electron chi connectivity index (χ2n) is 5.80. The number of nitrogens with zero attached hydrogens (tertiary/aromatic N) is 1. The Morgan fingerprint density at radius 1 is 1.19 bits per heavy atom. The summed E-state index contributed by atoms with van der Waals surface area (Å²) in [7, 11) is 0. The van der Waals surface area contributed by atoms with E-state index in [1.165, 1.54) is 23.3 Å². The molecule has 1 N–H and O–H groups in total. The van der Waals surface area contributed by atoms with Crippen molar-refractivity contribution < 1.29 is 5.11 Å². The molecule has 1 unspecified atom stereocenters. The molecule has 4 nitrogen and oxygen atoms in total. The van der Waals surface area contributed by atoms with Crippen LogP contribution in [0.1, 0.15) is 28.9 Å². The van der Waals surface area contributed by atoms with Crippen LogP contribution in [0.5, 0.6) is 0 Å². The molecule has 1 aromatic heterocycles. The van der Waals surface area contributed by atoms with Crippen LogP contribution in [0.25, 0.3) is 0 Å². The Labute approximate surface area is 170 Å². The molecule has 0 saturated carbocycles. The Kier molecular flexibility index (Phi) is 6.82. The van der Waals surface area contributed by atoms with Gasteiger partial charge in [-0.15, -0.1) is 23.5 Å². The van der Waals surface area contributed by atoms with Gasteiger partial charge >= 0.3 is 0 Å². The van der Waals surface area contributed by atoms with Crippen LogP contribution in [0.3, 0.4) is 0 Å². The first-order valence-corrected chi connectivity index (χ1v) is 11.3. The lowest BCUT2D eigenvalue weighted by molar-refractivity contribution is -0.213. The highest BCUT2D eigenvalue weighted by Crippen LogP contribution is 2.37. The molecule has 0 aliphatic heterocycles. The molecule has 2 aromatic carbocycles. The molecule has 3 aromatic rings. The minimum Gasteiger partial charge on any atom is -0.858 e. The number of hydrogen-bond acceptors (Lipinski definition) is 6. The van der Waals surface area contributed by atoms with E-state index in [4.69, 9.17) is 0 Å². The quantitative estimate of drug-likeness (QED) is 0.354. The highest BCUT2D eigenvalue weighted by Gasteiger charge is 2.16. The number of H-pyrrole nitrogens is 1. The van der Waals surface area contributed by atoms with Crippen LogP contribution in [0.4, 0.5) is 0 Å². The van der Waals surface area contributed by atoms with Crippen molar-refractivity contribution in [3.63, 3.8) is 0 Å². The number of hydrogen-bond donors (Lipinski definition) is 1. The molecule has 27 heavy (non-hydrogen) atoms. The zero-order valence-corrected chi connectivity index (χ0v) is 17.4. The zero-order valence-electron chi connectivity index (χ0n) is 15.0. The number of rotatable bonds is 7. The first-order chi connectivity index (χ1) is 13.1. The van der Waals surface area contributed by atoms with Gasteiger partial charge in [0.05, 0.1) is 16.3 Å². The van der Waals surface area contributed by atoms with Gasteiger partial charge in [-0.3, -0.25) is 14.2 Å². The van der Waals surface area contributed by atoms with Crippen LogP contribution < -0.4 is 10.7 Å². The number of thioether (sulfide) groups is 2. The van der Waals surface area contributed by atoms with Gasteiger partial charge in [-0.25, -0.2) is 0 Å². The fraction of sp³-hybridized carbons (Fsp3) is 0.200. The lowest BCUT2D eigenvalue weighted by Crippen LogP contribution is -2.26. The number of nitrogens with one attached hydrogen (secondary N) is 1. The molecule has 1 heterocycles. The monoisotopic (exact) mass is 415 g/mol. The fourth-order valence-corrected chi connectivity index (χ4v) is 5.42. The van der Waals surface area contributed by atoms with Crippen molar-refractivity contribution in [1.82, 2.24) is 4.37 Å². The van der Waals surface area contributed by atoms with Crippen molar-refractivity contribution in [2.24, 2.45) is 4.99 Å². The van der Waals surface area contributed by atoms with Crippen LogP contribution >= 0.6 is 35.1 Å². The van der Waals surface area contributed by atoms with Gasteiger partial charge in [-0.2, -0.15) is 0 Å². The Bertz CT molecular complexity index is 980. The lowest BCUT2D eigenvalue weighted by atomic mass is 10.2. The molecule has 0 saturated heterocycles. The summed E-state index contributed by atoms with van der Waals surface area (Å²) in [6.45, 7) is 2.33. The summed E-state index contributed by atoms with van der Waals surface area (Å²) in [4.78, 5) is 17.4. The topological polar surface area (TPSA) is 68.3 Å². The maximum Gasteiger partial charge on any atom is 0.267 e. The summed E-state index contributed by atoms with van der Waals surface area (Å²) in [6.07, 6.45) is 1.99. The second-order valence-corrected chi connectivity index (χ2v) is 9.07. The maximum absolute atomic E-state index is 12.6. The van der Waals surface area contributed by atoms with E-state index in [-0.39, 0.29) is 22.9 Å². The molecule has 0 radical (unpaired) electrons. The molecule has 1 atom stereocenters. The van der Waals surface area contributed by atoms with E-state index in [2.05, 4.69) is 16.3 Å². The van der Waals surface area contributed by atoms with Gasteiger partial charge in [-0.1, -0.05) is 60.1 Å². The first kappa shape index (κ1) is 19.8. The van der Waals surface area contributed by atoms with Crippen molar-refractivity contribution in [2.75, 3.05) is 6.26 Å². The molecule has 0 bridgehead atoms. The number of aromatic amines is 1. The average molecular weight is 416 g/mol. The van der Waals surface area contributed by atoms with Crippen LogP contribution in [0, 0.1) is 0 Å². The molecular weight excluding hydrogens is 396 g/mol. The van der Waals surface area contributed by atoms with Gasteiger partial charge in [0.15, 0.2) is 0 Å². The maximum atomic E-state index is 12.6. The third-order valence-corrected chi connectivity index (χ3v) is 7.12. The average Bonchev–Trinajstić information content (AvgIpc) is 3.07. The second kappa shape index (κ2) is 9.30. The summed E-state index contributed by atoms with van der Waals surface area (Å²) in [5.41, 5.74) is 1.91. The summed E-state index contributed by atoms with van der Waals surface area (Å²) < 4.78 is 3.36. The number of aliphatic imine (C=N–C) groups is 1. The molecule has 0 aliphatic carbocycles. The smallest absolute Gasteiger partial charge is 0.267 e. The van der Waals surface area contributed by atoms with Gasteiger partial charge in [0.1, 0.15) is 0 Å². The van der Waals surface area contributed by atoms with E-state index in [9.17, 15) is 9.90 Å². The van der Waals surface area contributed by atoms with Gasteiger partial charge < -0.3 is 5.11 Å². The standard InChI is InChI=1S/C20H20N2O2S3/c1-13(14-8-4-3-5-9-14)26-20-17(19(24)22-27-20)18(23)21-12-15-10-6-7-11-16(15)25-2/h3-11,13H,12H2,1-2H3,(H,21,23)(H,22,24)/p-1. The van der Waals surface area contributed by atoms with Gasteiger partial charge in [0.25, 0.3) is 5.56 Å². The summed E-state index contributed by atoms with van der Waals surface area (Å²) in [5, 5.41) is 12.8. The predicted octanol–water partition coefficient (Wildman–Crippen LogP) is 4.32. The first-order valence-electron chi connectivity index (χ1n) is 8.37. The Hall–Kier alpha value is -1.96. The molecule has 7 heteroatoms. The minimum atomic E-state index is -0.462. The Morgan fingerprint density at radius 3 is 2.63 bits per heavy atom. The van der Waals surface area contributed by atoms with Crippen molar-refractivity contribution >= 4 is 41.0 Å². The number of aromatic nitrogens is 1. The van der Waals surface area contributed by atoms with E-state index in [1.54, 1.807) is 11.8 Å². The van der Waals surface area contributed by atoms with Crippen molar-refractivity contribution in [1.29, 1.82) is 0 Å². The van der Waals surface area contributed by atoms with Crippen LogP contribution in [-0.2, 0) is 6.54 Å². The highest BCUT2D eigenvalue weighted by atomic mass is 32.2. The minimum absolute atomic E-state index is 0.126.